The Kier molecular flexibility index (Phi) is 9.79. The molecule has 0 bridgehead atoms. The molecule has 0 rings (SSSR count). The molecule has 0 aliphatic rings. The van der Waals surface area contributed by atoms with Crippen molar-refractivity contribution in [2.45, 2.75) is 40.2 Å². The van der Waals surface area contributed by atoms with Crippen LogP contribution in [0.1, 0.15) is 34.1 Å². The van der Waals surface area contributed by atoms with Crippen LogP contribution in [0.5, 0.6) is 0 Å². The fraction of sp³-hybridized carbons (Fsp3) is 1.00. The van der Waals surface area contributed by atoms with Crippen LogP contribution in [0.4, 0.5) is 0 Å². The van der Waals surface area contributed by atoms with Crippen molar-refractivity contribution >= 4 is 0 Å². The first-order valence-corrected chi connectivity index (χ1v) is 7.11. The van der Waals surface area contributed by atoms with Crippen LogP contribution in [0.2, 0.25) is 0 Å². The third kappa shape index (κ3) is 8.58. The summed E-state index contributed by atoms with van der Waals surface area (Å²) < 4.78 is 0. The molecule has 17 heavy (non-hydrogen) atoms. The van der Waals surface area contributed by atoms with Gasteiger partial charge in [-0.25, -0.2) is 0 Å². The van der Waals surface area contributed by atoms with Crippen molar-refractivity contribution in [1.29, 1.82) is 0 Å². The minimum atomic E-state index is 0.624. The average Bonchev–Trinajstić information content (AvgIpc) is 2.25. The molecule has 0 radical (unpaired) electrons. The van der Waals surface area contributed by atoms with Gasteiger partial charge in [0.15, 0.2) is 0 Å². The van der Waals surface area contributed by atoms with Crippen LogP contribution in [0.25, 0.3) is 0 Å². The Morgan fingerprint density at radius 3 is 2.12 bits per heavy atom. The fourth-order valence-electron chi connectivity index (χ4n) is 2.04. The first-order valence-electron chi connectivity index (χ1n) is 7.11. The van der Waals surface area contributed by atoms with Crippen LogP contribution in [0.3, 0.4) is 0 Å². The molecule has 0 fully saturated rings. The van der Waals surface area contributed by atoms with Gasteiger partial charge in [-0.15, -0.1) is 0 Å². The summed E-state index contributed by atoms with van der Waals surface area (Å²) in [6, 6.07) is 0.624. The van der Waals surface area contributed by atoms with Crippen molar-refractivity contribution in [3.05, 3.63) is 0 Å². The second-order valence-corrected chi connectivity index (χ2v) is 5.46. The predicted molar refractivity (Wildman–Crippen MR) is 77.6 cm³/mol. The van der Waals surface area contributed by atoms with Gasteiger partial charge in [-0.05, 0) is 52.6 Å². The summed E-state index contributed by atoms with van der Waals surface area (Å²) in [5.41, 5.74) is 0. The van der Waals surface area contributed by atoms with E-state index in [0.717, 1.165) is 13.1 Å². The second-order valence-electron chi connectivity index (χ2n) is 5.46. The van der Waals surface area contributed by atoms with E-state index in [9.17, 15) is 0 Å². The van der Waals surface area contributed by atoms with E-state index >= 15 is 0 Å². The number of nitrogens with zero attached hydrogens (tertiary/aromatic N) is 2. The first kappa shape index (κ1) is 16.9. The number of nitrogens with one attached hydrogen (secondary N) is 1. The second kappa shape index (κ2) is 9.86. The topological polar surface area (TPSA) is 18.5 Å². The molecule has 0 aromatic carbocycles. The highest BCUT2D eigenvalue weighted by Crippen LogP contribution is 2.05. The van der Waals surface area contributed by atoms with Gasteiger partial charge in [0.25, 0.3) is 0 Å². The highest BCUT2D eigenvalue weighted by molar-refractivity contribution is 4.74. The predicted octanol–water partition coefficient (Wildman–Crippen LogP) is 1.89. The Bertz CT molecular complexity index is 169. The van der Waals surface area contributed by atoms with E-state index in [4.69, 9.17) is 0 Å². The molecule has 1 atom stereocenters. The maximum absolute atomic E-state index is 3.59. The summed E-state index contributed by atoms with van der Waals surface area (Å²) >= 11 is 0. The lowest BCUT2D eigenvalue weighted by Crippen LogP contribution is -2.44. The summed E-state index contributed by atoms with van der Waals surface area (Å²) in [7, 11) is 4.29. The lowest BCUT2D eigenvalue weighted by Gasteiger charge is -2.29. The molecule has 1 N–H and O–H groups in total. The summed E-state index contributed by atoms with van der Waals surface area (Å²) in [5, 5.41) is 3.59. The summed E-state index contributed by atoms with van der Waals surface area (Å²) in [5.74, 6) is 0.706. The van der Waals surface area contributed by atoms with E-state index in [1.165, 1.54) is 26.1 Å². The van der Waals surface area contributed by atoms with Gasteiger partial charge in [0.05, 0.1) is 0 Å². The van der Waals surface area contributed by atoms with Crippen LogP contribution < -0.4 is 5.32 Å². The summed E-state index contributed by atoms with van der Waals surface area (Å²) in [6.07, 6.45) is 1.26. The zero-order chi connectivity index (χ0) is 13.3. The van der Waals surface area contributed by atoms with Gasteiger partial charge in [0, 0.05) is 12.6 Å². The standard InChI is InChI=1S/C14H33N3/c1-7-15-14(13(3)4)12-17(8-2)11-9-10-16(5)6/h13-15H,7-12H2,1-6H3. The van der Waals surface area contributed by atoms with Crippen molar-refractivity contribution < 1.29 is 0 Å². The third-order valence-corrected chi connectivity index (χ3v) is 3.25. The number of rotatable bonds is 10. The van der Waals surface area contributed by atoms with Gasteiger partial charge in [-0.3, -0.25) is 0 Å². The van der Waals surface area contributed by atoms with Gasteiger partial charge in [0.1, 0.15) is 0 Å². The molecule has 1 unspecified atom stereocenters. The Morgan fingerprint density at radius 2 is 1.71 bits per heavy atom. The van der Waals surface area contributed by atoms with Crippen LogP contribution in [0, 0.1) is 5.92 Å². The van der Waals surface area contributed by atoms with Crippen molar-refractivity contribution in [1.82, 2.24) is 15.1 Å². The van der Waals surface area contributed by atoms with E-state index in [2.05, 4.69) is 56.9 Å². The molecule has 0 heterocycles. The van der Waals surface area contributed by atoms with Crippen LogP contribution in [0.15, 0.2) is 0 Å². The number of hydrogen-bond donors (Lipinski definition) is 1. The normalized spacial score (nSPS) is 13.9. The van der Waals surface area contributed by atoms with Crippen LogP contribution in [-0.2, 0) is 0 Å². The quantitative estimate of drug-likeness (QED) is 0.632. The molecule has 0 aliphatic carbocycles. The molecule has 3 heteroatoms. The summed E-state index contributed by atoms with van der Waals surface area (Å²) in [4.78, 5) is 4.83. The van der Waals surface area contributed by atoms with Crippen molar-refractivity contribution in [2.75, 3.05) is 46.8 Å². The van der Waals surface area contributed by atoms with Gasteiger partial charge < -0.3 is 15.1 Å². The maximum atomic E-state index is 3.59. The van der Waals surface area contributed by atoms with Gasteiger partial charge in [-0.1, -0.05) is 27.7 Å². The lowest BCUT2D eigenvalue weighted by atomic mass is 10.0. The van der Waals surface area contributed by atoms with E-state index in [-0.39, 0.29) is 0 Å². The molecule has 0 aromatic heterocycles. The molecule has 0 aromatic rings. The minimum Gasteiger partial charge on any atom is -0.313 e. The third-order valence-electron chi connectivity index (χ3n) is 3.25. The summed E-state index contributed by atoms with van der Waals surface area (Å²) in [6.45, 7) is 14.9. The van der Waals surface area contributed by atoms with Crippen LogP contribution in [-0.4, -0.2) is 62.7 Å². The lowest BCUT2D eigenvalue weighted by molar-refractivity contribution is 0.217. The molecule has 0 saturated carbocycles. The average molecular weight is 243 g/mol. The highest BCUT2D eigenvalue weighted by Gasteiger charge is 2.15. The van der Waals surface area contributed by atoms with Crippen LogP contribution >= 0.6 is 0 Å². The first-order chi connectivity index (χ1) is 8.01. The molecule has 0 amide bonds. The van der Waals surface area contributed by atoms with E-state index in [0.29, 0.717) is 12.0 Å². The number of likely N-dealkylation sites (N-methyl/N-ethyl adjacent to an activating group) is 2. The molecule has 0 spiro atoms. The molecule has 0 saturated heterocycles. The van der Waals surface area contributed by atoms with E-state index in [1.54, 1.807) is 0 Å². The Hall–Kier alpha value is -0.120. The van der Waals surface area contributed by atoms with E-state index in [1.807, 2.05) is 0 Å². The van der Waals surface area contributed by atoms with E-state index < -0.39 is 0 Å². The van der Waals surface area contributed by atoms with Crippen molar-refractivity contribution in [2.24, 2.45) is 5.92 Å². The molecule has 0 aliphatic heterocycles. The number of hydrogen-bond acceptors (Lipinski definition) is 3. The Labute approximate surface area is 109 Å². The molecular formula is C14H33N3. The monoisotopic (exact) mass is 243 g/mol. The largest absolute Gasteiger partial charge is 0.313 e. The maximum Gasteiger partial charge on any atom is 0.0217 e. The Balaban J connectivity index is 3.98. The van der Waals surface area contributed by atoms with Gasteiger partial charge in [0.2, 0.25) is 0 Å². The molecular weight excluding hydrogens is 210 g/mol. The SMILES string of the molecule is CCNC(CN(CC)CCCN(C)C)C(C)C. The smallest absolute Gasteiger partial charge is 0.0217 e. The minimum absolute atomic E-state index is 0.624. The van der Waals surface area contributed by atoms with Crippen molar-refractivity contribution in [3.63, 3.8) is 0 Å². The highest BCUT2D eigenvalue weighted by atomic mass is 15.1. The Morgan fingerprint density at radius 1 is 1.06 bits per heavy atom. The van der Waals surface area contributed by atoms with Crippen molar-refractivity contribution in [3.8, 4) is 0 Å². The zero-order valence-corrected chi connectivity index (χ0v) is 12.8. The zero-order valence-electron chi connectivity index (χ0n) is 12.8. The molecule has 3 nitrogen and oxygen atoms in total. The molecule has 104 valence electrons. The van der Waals surface area contributed by atoms with Gasteiger partial charge in [-0.2, -0.15) is 0 Å². The fourth-order valence-corrected chi connectivity index (χ4v) is 2.04. The van der Waals surface area contributed by atoms with Gasteiger partial charge >= 0.3 is 0 Å².